The van der Waals surface area contributed by atoms with Gasteiger partial charge in [-0.3, -0.25) is 0 Å². The maximum absolute atomic E-state index is 5.45. The smallest absolute Gasteiger partial charge is 0.151 e. The number of aryl methyl sites for hydroxylation is 2. The molecule has 0 aliphatic carbocycles. The Hall–Kier alpha value is -2.14. The number of hydrogen-bond donors (Lipinski definition) is 1. The largest absolute Gasteiger partial charge is 0.496 e. The highest BCUT2D eigenvalue weighted by molar-refractivity contribution is 5.43. The van der Waals surface area contributed by atoms with Gasteiger partial charge in [-0.1, -0.05) is 12.1 Å². The van der Waals surface area contributed by atoms with E-state index in [1.54, 1.807) is 13.3 Å². The maximum atomic E-state index is 5.45. The van der Waals surface area contributed by atoms with Crippen molar-refractivity contribution in [2.24, 2.45) is 0 Å². The maximum Gasteiger partial charge on any atom is 0.151 e. The molecule has 3 rings (SSSR count). The summed E-state index contributed by atoms with van der Waals surface area (Å²) < 4.78 is 5.45. The van der Waals surface area contributed by atoms with Gasteiger partial charge in [-0.15, -0.1) is 5.10 Å². The van der Waals surface area contributed by atoms with Crippen LogP contribution in [0, 0.1) is 13.8 Å². The number of ether oxygens (including phenoxy) is 1. The molecule has 0 bridgehead atoms. The second kappa shape index (κ2) is 7.62. The molecule has 0 amide bonds. The Bertz CT molecular complexity index is 651. The van der Waals surface area contributed by atoms with Crippen molar-refractivity contribution in [3.8, 4) is 5.75 Å². The molecule has 2 aromatic rings. The number of hydrogen-bond acceptors (Lipinski definition) is 5. The molecule has 1 aliphatic heterocycles. The fourth-order valence-electron chi connectivity index (χ4n) is 3.54. The zero-order valence-electron chi connectivity index (χ0n) is 14.7. The second-order valence-electron chi connectivity index (χ2n) is 6.51. The van der Waals surface area contributed by atoms with Gasteiger partial charge >= 0.3 is 0 Å². The third kappa shape index (κ3) is 3.85. The first-order valence-corrected chi connectivity index (χ1v) is 8.57. The van der Waals surface area contributed by atoms with Crippen LogP contribution in [0.3, 0.4) is 0 Å². The molecule has 128 valence electrons. The predicted molar refractivity (Wildman–Crippen MR) is 96.6 cm³/mol. The molecule has 1 atom stereocenters. The lowest BCUT2D eigenvalue weighted by atomic mass is 10.0. The van der Waals surface area contributed by atoms with E-state index in [1.807, 2.05) is 12.1 Å². The molecule has 1 saturated heterocycles. The van der Waals surface area contributed by atoms with Crippen LogP contribution in [0.15, 0.2) is 30.5 Å². The SMILES string of the molecule is COc1c(C)cc(CN[C@@H]2CCCN(c3cccnn3)C2)cc1C. The van der Waals surface area contributed by atoms with E-state index in [0.717, 1.165) is 31.2 Å². The van der Waals surface area contributed by atoms with Gasteiger partial charge in [-0.05, 0) is 55.5 Å². The molecule has 1 aromatic carbocycles. The molecule has 5 nitrogen and oxygen atoms in total. The topological polar surface area (TPSA) is 50.3 Å². The van der Waals surface area contributed by atoms with Gasteiger partial charge < -0.3 is 15.0 Å². The van der Waals surface area contributed by atoms with Crippen LogP contribution in [-0.2, 0) is 6.54 Å². The molecular weight excluding hydrogens is 300 g/mol. The molecule has 5 heteroatoms. The summed E-state index contributed by atoms with van der Waals surface area (Å²) in [6.45, 7) is 7.12. The first-order valence-electron chi connectivity index (χ1n) is 8.57. The normalized spacial score (nSPS) is 17.8. The van der Waals surface area contributed by atoms with Crippen molar-refractivity contribution in [1.82, 2.24) is 15.5 Å². The lowest BCUT2D eigenvalue weighted by Gasteiger charge is -2.33. The van der Waals surface area contributed by atoms with Gasteiger partial charge in [0, 0.05) is 31.9 Å². The number of anilines is 1. The first kappa shape index (κ1) is 16.7. The van der Waals surface area contributed by atoms with Crippen molar-refractivity contribution in [1.29, 1.82) is 0 Å². The van der Waals surface area contributed by atoms with Crippen LogP contribution in [0.25, 0.3) is 0 Å². The van der Waals surface area contributed by atoms with Crippen molar-refractivity contribution in [3.05, 3.63) is 47.2 Å². The molecule has 1 N–H and O–H groups in total. The van der Waals surface area contributed by atoms with Gasteiger partial charge in [0.25, 0.3) is 0 Å². The van der Waals surface area contributed by atoms with E-state index in [-0.39, 0.29) is 0 Å². The van der Waals surface area contributed by atoms with Crippen LogP contribution >= 0.6 is 0 Å². The van der Waals surface area contributed by atoms with Crippen LogP contribution < -0.4 is 15.0 Å². The summed E-state index contributed by atoms with van der Waals surface area (Å²) >= 11 is 0. The predicted octanol–water partition coefficient (Wildman–Crippen LogP) is 2.86. The van der Waals surface area contributed by atoms with Gasteiger partial charge in [0.2, 0.25) is 0 Å². The molecule has 0 unspecified atom stereocenters. The lowest BCUT2D eigenvalue weighted by molar-refractivity contribution is 0.407. The Morgan fingerprint density at radius 3 is 2.75 bits per heavy atom. The van der Waals surface area contributed by atoms with E-state index in [2.05, 4.69) is 46.4 Å². The summed E-state index contributed by atoms with van der Waals surface area (Å²) in [5.74, 6) is 1.96. The average molecular weight is 326 g/mol. The highest BCUT2D eigenvalue weighted by Crippen LogP contribution is 2.24. The van der Waals surface area contributed by atoms with Crippen molar-refractivity contribution >= 4 is 5.82 Å². The monoisotopic (exact) mass is 326 g/mol. The van der Waals surface area contributed by atoms with E-state index in [1.165, 1.54) is 29.5 Å². The van der Waals surface area contributed by atoms with Gasteiger partial charge in [-0.2, -0.15) is 5.10 Å². The Kier molecular flexibility index (Phi) is 5.30. The highest BCUT2D eigenvalue weighted by Gasteiger charge is 2.20. The molecule has 1 aliphatic rings. The quantitative estimate of drug-likeness (QED) is 0.915. The Morgan fingerprint density at radius 2 is 2.08 bits per heavy atom. The van der Waals surface area contributed by atoms with Gasteiger partial charge in [0.1, 0.15) is 5.75 Å². The molecule has 1 fully saturated rings. The molecule has 1 aromatic heterocycles. The third-order valence-electron chi connectivity index (χ3n) is 4.62. The Labute approximate surface area is 144 Å². The molecule has 0 saturated carbocycles. The minimum absolute atomic E-state index is 0.475. The molecule has 24 heavy (non-hydrogen) atoms. The summed E-state index contributed by atoms with van der Waals surface area (Å²) in [6, 6.07) is 8.88. The third-order valence-corrected chi connectivity index (χ3v) is 4.62. The summed E-state index contributed by atoms with van der Waals surface area (Å²) in [6.07, 6.45) is 4.09. The summed E-state index contributed by atoms with van der Waals surface area (Å²) in [4.78, 5) is 2.32. The average Bonchev–Trinajstić information content (AvgIpc) is 2.61. The molecule has 0 spiro atoms. The first-order chi connectivity index (χ1) is 11.7. The molecular formula is C19H26N4O. The van der Waals surface area contributed by atoms with Crippen molar-refractivity contribution < 1.29 is 4.74 Å². The van der Waals surface area contributed by atoms with Crippen LogP contribution in [0.5, 0.6) is 5.75 Å². The van der Waals surface area contributed by atoms with Crippen LogP contribution in [0.4, 0.5) is 5.82 Å². The minimum atomic E-state index is 0.475. The Morgan fingerprint density at radius 1 is 1.29 bits per heavy atom. The van der Waals surface area contributed by atoms with Gasteiger partial charge in [-0.25, -0.2) is 0 Å². The van der Waals surface area contributed by atoms with Crippen molar-refractivity contribution in [2.75, 3.05) is 25.1 Å². The number of nitrogens with zero attached hydrogens (tertiary/aromatic N) is 3. The van der Waals surface area contributed by atoms with E-state index >= 15 is 0 Å². The number of rotatable bonds is 5. The Balaban J connectivity index is 1.60. The van der Waals surface area contributed by atoms with E-state index < -0.39 is 0 Å². The van der Waals surface area contributed by atoms with Crippen LogP contribution in [0.2, 0.25) is 0 Å². The van der Waals surface area contributed by atoms with E-state index in [4.69, 9.17) is 4.74 Å². The number of methoxy groups -OCH3 is 1. The fraction of sp³-hybridized carbons (Fsp3) is 0.474. The summed E-state index contributed by atoms with van der Waals surface area (Å²) in [7, 11) is 1.73. The van der Waals surface area contributed by atoms with Crippen molar-refractivity contribution in [3.63, 3.8) is 0 Å². The van der Waals surface area contributed by atoms with E-state index in [9.17, 15) is 0 Å². The number of nitrogens with one attached hydrogen (secondary N) is 1. The summed E-state index contributed by atoms with van der Waals surface area (Å²) in [5, 5.41) is 11.9. The molecule has 2 heterocycles. The highest BCUT2D eigenvalue weighted by atomic mass is 16.5. The number of piperidine rings is 1. The zero-order chi connectivity index (χ0) is 16.9. The molecule has 0 radical (unpaired) electrons. The lowest BCUT2D eigenvalue weighted by Crippen LogP contribution is -2.45. The van der Waals surface area contributed by atoms with Gasteiger partial charge in [0.15, 0.2) is 5.82 Å². The number of aromatic nitrogens is 2. The fourth-order valence-corrected chi connectivity index (χ4v) is 3.54. The zero-order valence-corrected chi connectivity index (χ0v) is 14.7. The second-order valence-corrected chi connectivity index (χ2v) is 6.51. The standard InChI is InChI=1S/C19H26N4O/c1-14-10-16(11-15(2)19(14)24-3)12-20-17-6-5-9-23(13-17)18-7-4-8-21-22-18/h4,7-8,10-11,17,20H,5-6,9,12-13H2,1-3H3/t17-/m1/s1. The minimum Gasteiger partial charge on any atom is -0.496 e. The van der Waals surface area contributed by atoms with Crippen LogP contribution in [-0.4, -0.2) is 36.4 Å². The number of benzene rings is 1. The van der Waals surface area contributed by atoms with E-state index in [0.29, 0.717) is 6.04 Å². The van der Waals surface area contributed by atoms with Gasteiger partial charge in [0.05, 0.1) is 7.11 Å². The van der Waals surface area contributed by atoms with Crippen molar-refractivity contribution in [2.45, 2.75) is 39.3 Å². The van der Waals surface area contributed by atoms with Crippen LogP contribution in [0.1, 0.15) is 29.5 Å². The summed E-state index contributed by atoms with van der Waals surface area (Å²) in [5.41, 5.74) is 3.70.